The predicted octanol–water partition coefficient (Wildman–Crippen LogP) is 4.88. The molecule has 0 amide bonds. The molecule has 1 aromatic carbocycles. The maximum Gasteiger partial charge on any atom is 0.170 e. The number of rotatable bonds is 4. The molecule has 3 aromatic rings. The van der Waals surface area contributed by atoms with Crippen LogP contribution < -0.4 is 5.73 Å². The Labute approximate surface area is 207 Å². The van der Waals surface area contributed by atoms with Crippen LogP contribution in [0.3, 0.4) is 0 Å². The first kappa shape index (κ1) is 26.8. The summed E-state index contributed by atoms with van der Waals surface area (Å²) in [7, 11) is 2.13. The molecule has 0 bridgehead atoms. The van der Waals surface area contributed by atoms with Gasteiger partial charge in [0.15, 0.2) is 5.58 Å². The summed E-state index contributed by atoms with van der Waals surface area (Å²) < 4.78 is 18.3. The van der Waals surface area contributed by atoms with E-state index in [-0.39, 0.29) is 11.7 Å². The standard InChI is InChI=1S/C13H15FN2O.C12H17N3O.C2H6/c1-16-6-4-9(5-7-16)13-11-3-2-10(14)8-12(11)17-15-13;13-12-7-11(1-4-14-12)8-15-5-2-10(9-16)3-6-15;1-2/h2-3,8-9H,4-7H2,1H3;1,4,7,9-10H,2-3,5-6,8H2,(H2,13,14);1-2H3. The van der Waals surface area contributed by atoms with Gasteiger partial charge < -0.3 is 20.0 Å². The number of halogens is 1. The van der Waals surface area contributed by atoms with Crippen LogP contribution in [-0.2, 0) is 11.3 Å². The molecule has 0 spiro atoms. The predicted molar refractivity (Wildman–Crippen MR) is 138 cm³/mol. The fraction of sp³-hybridized carbons (Fsp3) is 0.519. The molecule has 190 valence electrons. The van der Waals surface area contributed by atoms with Gasteiger partial charge in [0.25, 0.3) is 0 Å². The molecule has 0 unspecified atom stereocenters. The van der Waals surface area contributed by atoms with Gasteiger partial charge in [0.1, 0.15) is 17.9 Å². The highest BCUT2D eigenvalue weighted by atomic mass is 19.1. The summed E-state index contributed by atoms with van der Waals surface area (Å²) in [6.07, 6.45) is 6.96. The zero-order chi connectivity index (χ0) is 25.2. The summed E-state index contributed by atoms with van der Waals surface area (Å²) in [5.74, 6) is 1.00. The van der Waals surface area contributed by atoms with E-state index in [1.54, 1.807) is 12.3 Å². The van der Waals surface area contributed by atoms with Crippen LogP contribution in [0, 0.1) is 11.7 Å². The first-order valence-electron chi connectivity index (χ1n) is 12.6. The lowest BCUT2D eigenvalue weighted by Crippen LogP contribution is -2.33. The minimum Gasteiger partial charge on any atom is -0.384 e. The second kappa shape index (κ2) is 13.3. The Bertz CT molecular complexity index is 1060. The lowest BCUT2D eigenvalue weighted by atomic mass is 9.92. The number of anilines is 1. The van der Waals surface area contributed by atoms with Crippen LogP contribution in [0.1, 0.15) is 56.7 Å². The third kappa shape index (κ3) is 7.57. The molecule has 0 atom stereocenters. The Hall–Kier alpha value is -2.84. The summed E-state index contributed by atoms with van der Waals surface area (Å²) in [4.78, 5) is 19.3. The summed E-state index contributed by atoms with van der Waals surface area (Å²) in [5.41, 5.74) is 8.37. The normalized spacial score (nSPS) is 17.8. The number of likely N-dealkylation sites (tertiary alicyclic amines) is 2. The van der Waals surface area contributed by atoms with Crippen LogP contribution in [-0.4, -0.2) is 59.5 Å². The lowest BCUT2D eigenvalue weighted by Gasteiger charge is -2.29. The summed E-state index contributed by atoms with van der Waals surface area (Å²) in [6, 6.07) is 8.54. The number of aromatic nitrogens is 2. The number of hydrogen-bond donors (Lipinski definition) is 1. The molecule has 2 aliphatic heterocycles. The summed E-state index contributed by atoms with van der Waals surface area (Å²) >= 11 is 0. The molecule has 2 fully saturated rings. The fourth-order valence-corrected chi connectivity index (χ4v) is 4.61. The van der Waals surface area contributed by atoms with Crippen LogP contribution in [0.5, 0.6) is 0 Å². The van der Waals surface area contributed by atoms with Gasteiger partial charge in [-0.25, -0.2) is 9.37 Å². The number of carbonyl (C=O) groups is 1. The molecule has 0 aliphatic carbocycles. The first-order chi connectivity index (χ1) is 17.0. The van der Waals surface area contributed by atoms with Crippen LogP contribution in [0.25, 0.3) is 11.0 Å². The largest absolute Gasteiger partial charge is 0.384 e. The molecule has 8 heteroatoms. The molecule has 35 heavy (non-hydrogen) atoms. The van der Waals surface area contributed by atoms with E-state index in [2.05, 4.69) is 27.0 Å². The number of nitrogens with two attached hydrogens (primary N) is 1. The molecular weight excluding hydrogens is 445 g/mol. The molecule has 4 heterocycles. The third-order valence-electron chi connectivity index (χ3n) is 6.64. The smallest absolute Gasteiger partial charge is 0.170 e. The lowest BCUT2D eigenvalue weighted by molar-refractivity contribution is -0.112. The Kier molecular flexibility index (Phi) is 10.2. The van der Waals surface area contributed by atoms with Crippen molar-refractivity contribution in [3.63, 3.8) is 0 Å². The van der Waals surface area contributed by atoms with Crippen LogP contribution in [0.15, 0.2) is 41.1 Å². The topological polar surface area (TPSA) is 88.5 Å². The van der Waals surface area contributed by atoms with Crippen molar-refractivity contribution in [2.24, 2.45) is 5.92 Å². The van der Waals surface area contributed by atoms with Gasteiger partial charge in [-0.05, 0) is 88.7 Å². The second-order valence-corrected chi connectivity index (χ2v) is 9.12. The van der Waals surface area contributed by atoms with Crippen LogP contribution in [0.4, 0.5) is 10.2 Å². The Morgan fingerprint density at radius 3 is 2.46 bits per heavy atom. The number of hydrogen-bond acceptors (Lipinski definition) is 7. The van der Waals surface area contributed by atoms with E-state index in [9.17, 15) is 9.18 Å². The number of nitrogens with zero attached hydrogens (tertiary/aromatic N) is 4. The number of aldehydes is 1. The molecule has 2 aromatic heterocycles. The van der Waals surface area contributed by atoms with Crippen molar-refractivity contribution in [2.75, 3.05) is 39.0 Å². The number of pyridine rings is 1. The van der Waals surface area contributed by atoms with Gasteiger partial charge in [0.05, 0.1) is 5.69 Å². The number of carbonyl (C=O) groups excluding carboxylic acids is 1. The second-order valence-electron chi connectivity index (χ2n) is 9.12. The van der Waals surface area contributed by atoms with Crippen molar-refractivity contribution in [3.8, 4) is 0 Å². The SMILES string of the molecule is CC.CN1CCC(c2noc3cc(F)ccc23)CC1.Nc1cc(CN2CCC(C=O)CC2)ccn1. The molecule has 2 saturated heterocycles. The van der Waals surface area contributed by atoms with E-state index in [1.807, 2.05) is 26.0 Å². The fourth-order valence-electron chi connectivity index (χ4n) is 4.61. The zero-order valence-corrected chi connectivity index (χ0v) is 21.1. The van der Waals surface area contributed by atoms with Crippen molar-refractivity contribution in [2.45, 2.75) is 52.0 Å². The molecule has 0 saturated carbocycles. The van der Waals surface area contributed by atoms with E-state index in [1.165, 1.54) is 17.7 Å². The molecule has 2 aliphatic rings. The quantitative estimate of drug-likeness (QED) is 0.529. The van der Waals surface area contributed by atoms with Crippen molar-refractivity contribution < 1.29 is 13.7 Å². The minimum absolute atomic E-state index is 0.263. The first-order valence-corrected chi connectivity index (χ1v) is 12.6. The van der Waals surface area contributed by atoms with Crippen LogP contribution in [0.2, 0.25) is 0 Å². The molecule has 2 N–H and O–H groups in total. The van der Waals surface area contributed by atoms with Crippen molar-refractivity contribution in [3.05, 3.63) is 53.6 Å². The molecule has 0 radical (unpaired) electrons. The maximum absolute atomic E-state index is 13.0. The third-order valence-corrected chi connectivity index (χ3v) is 6.64. The van der Waals surface area contributed by atoms with Gasteiger partial charge in [-0.2, -0.15) is 0 Å². The zero-order valence-electron chi connectivity index (χ0n) is 21.1. The Morgan fingerprint density at radius 1 is 1.09 bits per heavy atom. The molecule has 7 nitrogen and oxygen atoms in total. The van der Waals surface area contributed by atoms with E-state index >= 15 is 0 Å². The van der Waals surface area contributed by atoms with Gasteiger partial charge >= 0.3 is 0 Å². The van der Waals surface area contributed by atoms with E-state index in [0.29, 0.717) is 17.3 Å². The number of piperidine rings is 2. The van der Waals surface area contributed by atoms with Crippen molar-refractivity contribution >= 4 is 23.1 Å². The monoisotopic (exact) mass is 483 g/mol. The highest BCUT2D eigenvalue weighted by Crippen LogP contribution is 2.32. The van der Waals surface area contributed by atoms with Crippen molar-refractivity contribution in [1.29, 1.82) is 0 Å². The highest BCUT2D eigenvalue weighted by Gasteiger charge is 2.23. The van der Waals surface area contributed by atoms with Gasteiger partial charge in [-0.1, -0.05) is 19.0 Å². The van der Waals surface area contributed by atoms with Gasteiger partial charge in [0, 0.05) is 36.0 Å². The Balaban J connectivity index is 0.000000183. The van der Waals surface area contributed by atoms with Gasteiger partial charge in [-0.15, -0.1) is 0 Å². The molecule has 5 rings (SSSR count). The van der Waals surface area contributed by atoms with E-state index < -0.39 is 0 Å². The van der Waals surface area contributed by atoms with Gasteiger partial charge in [0.2, 0.25) is 0 Å². The van der Waals surface area contributed by atoms with Gasteiger partial charge in [-0.3, -0.25) is 4.90 Å². The average Bonchev–Trinajstić information content (AvgIpc) is 3.30. The number of nitrogen functional groups attached to an aromatic ring is 1. The summed E-state index contributed by atoms with van der Waals surface area (Å²) in [6.45, 7) is 9.05. The highest BCUT2D eigenvalue weighted by molar-refractivity contribution is 5.79. The van der Waals surface area contributed by atoms with E-state index in [4.69, 9.17) is 10.3 Å². The maximum atomic E-state index is 13.0. The minimum atomic E-state index is -0.274. The Morgan fingerprint density at radius 2 is 1.80 bits per heavy atom. The number of benzene rings is 1. The van der Waals surface area contributed by atoms with Crippen LogP contribution >= 0.6 is 0 Å². The van der Waals surface area contributed by atoms with E-state index in [0.717, 1.165) is 75.8 Å². The summed E-state index contributed by atoms with van der Waals surface area (Å²) in [5, 5.41) is 5.08. The van der Waals surface area contributed by atoms with Crippen molar-refractivity contribution in [1.82, 2.24) is 19.9 Å². The number of fused-ring (bicyclic) bond motifs is 1. The molecular formula is C27H38FN5O2. The average molecular weight is 484 g/mol.